The highest BCUT2D eigenvalue weighted by molar-refractivity contribution is 8.13. The molecule has 21 heavy (non-hydrogen) atoms. The van der Waals surface area contributed by atoms with Crippen LogP contribution in [0.2, 0.25) is 0 Å². The summed E-state index contributed by atoms with van der Waals surface area (Å²) in [5.41, 5.74) is 0.231. The number of aromatic nitrogens is 2. The van der Waals surface area contributed by atoms with Crippen LogP contribution in [-0.2, 0) is 9.05 Å². The van der Waals surface area contributed by atoms with E-state index >= 15 is 0 Å². The lowest BCUT2D eigenvalue weighted by Gasteiger charge is -2.27. The topological polar surface area (TPSA) is 91.9 Å². The van der Waals surface area contributed by atoms with Crippen LogP contribution in [0.25, 0.3) is 0 Å². The van der Waals surface area contributed by atoms with E-state index in [9.17, 15) is 13.2 Å². The van der Waals surface area contributed by atoms with Crippen molar-refractivity contribution in [1.82, 2.24) is 15.5 Å². The Balaban J connectivity index is 2.15. The van der Waals surface area contributed by atoms with E-state index < -0.39 is 15.0 Å². The predicted molar refractivity (Wildman–Crippen MR) is 79.9 cm³/mol. The van der Waals surface area contributed by atoms with Gasteiger partial charge in [0.05, 0.1) is 5.69 Å². The molecular formula is C13H20ClN3O3S. The monoisotopic (exact) mass is 333 g/mol. The largest absolute Gasteiger partial charge is 0.350 e. The van der Waals surface area contributed by atoms with Crippen molar-refractivity contribution in [1.29, 1.82) is 0 Å². The predicted octanol–water partition coefficient (Wildman–Crippen LogP) is 2.35. The zero-order chi connectivity index (χ0) is 15.7. The SMILES string of the molecule is CCC1(CNC(=O)c2n[nH]c(C)c2S(=O)(=O)Cl)CCCC1. The van der Waals surface area contributed by atoms with Gasteiger partial charge in [0, 0.05) is 17.2 Å². The molecular weight excluding hydrogens is 314 g/mol. The normalized spacial score (nSPS) is 17.9. The summed E-state index contributed by atoms with van der Waals surface area (Å²) in [6.07, 6.45) is 5.51. The van der Waals surface area contributed by atoms with Crippen LogP contribution >= 0.6 is 10.7 Å². The highest BCUT2D eigenvalue weighted by Crippen LogP contribution is 2.40. The fraction of sp³-hybridized carbons (Fsp3) is 0.692. The first-order chi connectivity index (χ1) is 9.79. The van der Waals surface area contributed by atoms with Gasteiger partial charge < -0.3 is 5.32 Å². The quantitative estimate of drug-likeness (QED) is 0.809. The summed E-state index contributed by atoms with van der Waals surface area (Å²) >= 11 is 0. The van der Waals surface area contributed by atoms with Crippen molar-refractivity contribution in [3.8, 4) is 0 Å². The lowest BCUT2D eigenvalue weighted by molar-refractivity contribution is 0.0920. The summed E-state index contributed by atoms with van der Waals surface area (Å²) in [4.78, 5) is 12.0. The third-order valence-corrected chi connectivity index (χ3v) is 5.84. The summed E-state index contributed by atoms with van der Waals surface area (Å²) in [7, 11) is 1.36. The number of carbonyl (C=O) groups is 1. The molecule has 1 aliphatic rings. The Morgan fingerprint density at radius 3 is 2.57 bits per heavy atom. The molecule has 0 aliphatic heterocycles. The van der Waals surface area contributed by atoms with Gasteiger partial charge in [0.25, 0.3) is 15.0 Å². The number of carbonyl (C=O) groups excluding carboxylic acids is 1. The number of nitrogens with one attached hydrogen (secondary N) is 2. The van der Waals surface area contributed by atoms with Crippen LogP contribution in [0.1, 0.15) is 55.2 Å². The van der Waals surface area contributed by atoms with E-state index in [4.69, 9.17) is 10.7 Å². The Morgan fingerprint density at radius 1 is 1.43 bits per heavy atom. The molecule has 0 spiro atoms. The van der Waals surface area contributed by atoms with Gasteiger partial charge >= 0.3 is 0 Å². The standard InChI is InChI=1S/C13H20ClN3O3S/c1-3-13(6-4-5-7-13)8-15-12(18)10-11(21(14,19)20)9(2)16-17-10/h3-8H2,1-2H3,(H,15,18)(H,16,17). The van der Waals surface area contributed by atoms with Crippen molar-refractivity contribution in [2.75, 3.05) is 6.54 Å². The summed E-state index contributed by atoms with van der Waals surface area (Å²) in [6.45, 7) is 4.17. The van der Waals surface area contributed by atoms with Crippen molar-refractivity contribution >= 4 is 25.6 Å². The number of amides is 1. The second kappa shape index (κ2) is 5.96. The average molecular weight is 334 g/mol. The van der Waals surface area contributed by atoms with Crippen LogP contribution in [0, 0.1) is 12.3 Å². The van der Waals surface area contributed by atoms with Crippen molar-refractivity contribution in [3.05, 3.63) is 11.4 Å². The number of H-pyrrole nitrogens is 1. The second-order valence-electron chi connectivity index (χ2n) is 5.71. The Hall–Kier alpha value is -1.08. The number of aryl methyl sites for hydroxylation is 1. The van der Waals surface area contributed by atoms with E-state index in [1.807, 2.05) is 0 Å². The molecule has 118 valence electrons. The molecule has 1 aromatic rings. The van der Waals surface area contributed by atoms with Crippen molar-refractivity contribution < 1.29 is 13.2 Å². The highest BCUT2D eigenvalue weighted by Gasteiger charge is 2.33. The summed E-state index contributed by atoms with van der Waals surface area (Å²) in [6, 6.07) is 0. The molecule has 0 bridgehead atoms. The molecule has 1 saturated carbocycles. The van der Waals surface area contributed by atoms with Crippen molar-refractivity contribution in [2.45, 2.75) is 50.8 Å². The van der Waals surface area contributed by atoms with Crippen molar-refractivity contribution in [2.24, 2.45) is 5.41 Å². The Labute approximate surface area is 129 Å². The van der Waals surface area contributed by atoms with E-state index in [1.54, 1.807) is 0 Å². The molecule has 6 nitrogen and oxygen atoms in total. The van der Waals surface area contributed by atoms with Gasteiger partial charge in [-0.25, -0.2) is 8.42 Å². The van der Waals surface area contributed by atoms with E-state index in [0.29, 0.717) is 6.54 Å². The van der Waals surface area contributed by atoms with E-state index in [0.717, 1.165) is 19.3 Å². The highest BCUT2D eigenvalue weighted by atomic mass is 35.7. The summed E-state index contributed by atoms with van der Waals surface area (Å²) < 4.78 is 23.1. The molecule has 0 atom stereocenters. The molecule has 1 fully saturated rings. The number of nitrogens with zero attached hydrogens (tertiary/aromatic N) is 1. The number of rotatable bonds is 5. The molecule has 2 rings (SSSR count). The van der Waals surface area contributed by atoms with E-state index in [-0.39, 0.29) is 21.7 Å². The van der Waals surface area contributed by atoms with Crippen LogP contribution in [0.15, 0.2) is 4.90 Å². The van der Waals surface area contributed by atoms with E-state index in [2.05, 4.69) is 22.4 Å². The van der Waals surface area contributed by atoms with Gasteiger partial charge in [0.15, 0.2) is 5.69 Å². The molecule has 1 heterocycles. The first-order valence-corrected chi connectivity index (χ1v) is 9.38. The zero-order valence-corrected chi connectivity index (χ0v) is 13.8. The summed E-state index contributed by atoms with van der Waals surface area (Å²) in [5, 5.41) is 9.09. The molecule has 1 aliphatic carbocycles. The third kappa shape index (κ3) is 3.40. The van der Waals surface area contributed by atoms with Gasteiger partial charge in [-0.3, -0.25) is 9.89 Å². The van der Waals surface area contributed by atoms with Crippen LogP contribution in [0.4, 0.5) is 0 Å². The molecule has 2 N–H and O–H groups in total. The van der Waals surface area contributed by atoms with Gasteiger partial charge in [0.1, 0.15) is 4.90 Å². The van der Waals surface area contributed by atoms with Crippen LogP contribution in [0.5, 0.6) is 0 Å². The molecule has 0 saturated heterocycles. The smallest absolute Gasteiger partial charge is 0.273 e. The maximum Gasteiger partial charge on any atom is 0.273 e. The minimum Gasteiger partial charge on any atom is -0.350 e. The number of aromatic amines is 1. The minimum absolute atomic E-state index is 0.126. The number of halogens is 1. The molecule has 8 heteroatoms. The average Bonchev–Trinajstić information content (AvgIpc) is 3.02. The van der Waals surface area contributed by atoms with E-state index in [1.165, 1.54) is 19.8 Å². The molecule has 1 aromatic heterocycles. The van der Waals surface area contributed by atoms with Crippen molar-refractivity contribution in [3.63, 3.8) is 0 Å². The fourth-order valence-electron chi connectivity index (χ4n) is 3.00. The summed E-state index contributed by atoms with van der Waals surface area (Å²) in [5.74, 6) is -0.502. The number of hydrogen-bond acceptors (Lipinski definition) is 4. The van der Waals surface area contributed by atoms with Gasteiger partial charge in [-0.1, -0.05) is 19.8 Å². The molecule has 0 radical (unpaired) electrons. The fourth-order valence-corrected chi connectivity index (χ4v) is 4.35. The van der Waals surface area contributed by atoms with Crippen LogP contribution in [0.3, 0.4) is 0 Å². The second-order valence-corrected chi connectivity index (χ2v) is 8.21. The minimum atomic E-state index is -4.01. The number of hydrogen-bond donors (Lipinski definition) is 2. The Bertz CT molecular complexity index is 633. The zero-order valence-electron chi connectivity index (χ0n) is 12.2. The maximum atomic E-state index is 12.2. The first-order valence-electron chi connectivity index (χ1n) is 7.07. The maximum absolute atomic E-state index is 12.2. The Kier molecular flexibility index (Phi) is 4.63. The van der Waals surface area contributed by atoms with Gasteiger partial charge in [-0.15, -0.1) is 0 Å². The van der Waals surface area contributed by atoms with Crippen LogP contribution < -0.4 is 5.32 Å². The lowest BCUT2D eigenvalue weighted by atomic mass is 9.83. The Morgan fingerprint density at radius 2 is 2.05 bits per heavy atom. The third-order valence-electron chi connectivity index (χ3n) is 4.39. The first kappa shape index (κ1) is 16.3. The van der Waals surface area contributed by atoms with Crippen LogP contribution in [-0.4, -0.2) is 31.1 Å². The molecule has 1 amide bonds. The van der Waals surface area contributed by atoms with Gasteiger partial charge in [-0.2, -0.15) is 5.10 Å². The van der Waals surface area contributed by atoms with Gasteiger partial charge in [0.2, 0.25) is 0 Å². The van der Waals surface area contributed by atoms with Gasteiger partial charge in [-0.05, 0) is 31.6 Å². The molecule has 0 aromatic carbocycles. The molecule has 0 unspecified atom stereocenters. The lowest BCUT2D eigenvalue weighted by Crippen LogP contribution is -2.36.